The monoisotopic (exact) mass is 230 g/mol. The maximum absolute atomic E-state index is 6.04. The molecule has 5 heteroatoms. The van der Waals surface area contributed by atoms with Gasteiger partial charge in [0.1, 0.15) is 0 Å². The second-order valence-electron chi connectivity index (χ2n) is 3.11. The average Bonchev–Trinajstić information content (AvgIpc) is 2.19. The van der Waals surface area contributed by atoms with Crippen LogP contribution in [0.25, 0.3) is 0 Å². The second kappa shape index (κ2) is 4.34. The molecule has 3 nitrogen and oxygen atoms in total. The summed E-state index contributed by atoms with van der Waals surface area (Å²) >= 11 is 12.1. The Bertz CT molecular complexity index is 304. The smallest absolute Gasteiger partial charge is 0.0838 e. The number of halogens is 2. The van der Waals surface area contributed by atoms with E-state index in [4.69, 9.17) is 23.2 Å². The molecule has 2 heterocycles. The summed E-state index contributed by atoms with van der Waals surface area (Å²) in [5, 5.41) is 5.49. The van der Waals surface area contributed by atoms with Crippen molar-refractivity contribution in [2.75, 3.05) is 31.1 Å². The molecule has 0 unspecified atom stereocenters. The van der Waals surface area contributed by atoms with Crippen LogP contribution >= 0.6 is 23.2 Å². The number of nitrogens with zero attached hydrogens (tertiary/aromatic N) is 3. The summed E-state index contributed by atoms with van der Waals surface area (Å²) in [7, 11) is 0. The highest BCUT2D eigenvalue weighted by atomic mass is 35.5. The van der Waals surface area contributed by atoms with Gasteiger partial charge in [-0.2, -0.15) is 0 Å². The van der Waals surface area contributed by atoms with Crippen molar-refractivity contribution < 1.29 is 0 Å². The van der Waals surface area contributed by atoms with Crippen LogP contribution in [0.1, 0.15) is 0 Å². The van der Waals surface area contributed by atoms with Crippen LogP contribution in [0, 0.1) is 0 Å². The summed E-state index contributed by atoms with van der Waals surface area (Å²) in [6.07, 6.45) is 3.24. The SMILES string of the molecule is Clc1cncc(Cl)c1N1CC[N]CC1. The normalized spacial score (nSPS) is 17.1. The van der Waals surface area contributed by atoms with Gasteiger partial charge in [-0.1, -0.05) is 23.2 Å². The van der Waals surface area contributed by atoms with Crippen molar-refractivity contribution >= 4 is 28.9 Å². The third-order valence-electron chi connectivity index (χ3n) is 2.20. The Morgan fingerprint density at radius 2 is 1.64 bits per heavy atom. The van der Waals surface area contributed by atoms with Crippen molar-refractivity contribution in [3.8, 4) is 0 Å². The maximum Gasteiger partial charge on any atom is 0.0838 e. The van der Waals surface area contributed by atoms with Crippen LogP contribution in [0.5, 0.6) is 0 Å². The Kier molecular flexibility index (Phi) is 3.11. The highest BCUT2D eigenvalue weighted by Gasteiger charge is 2.16. The summed E-state index contributed by atoms with van der Waals surface area (Å²) in [5.74, 6) is 0. The Labute approximate surface area is 93.0 Å². The average molecular weight is 231 g/mol. The maximum atomic E-state index is 6.04. The third kappa shape index (κ3) is 1.95. The first-order valence-corrected chi connectivity index (χ1v) is 5.22. The molecule has 1 aromatic heterocycles. The number of aromatic nitrogens is 1. The van der Waals surface area contributed by atoms with Gasteiger partial charge >= 0.3 is 0 Å². The molecule has 14 heavy (non-hydrogen) atoms. The molecule has 1 fully saturated rings. The lowest BCUT2D eigenvalue weighted by Gasteiger charge is -2.29. The van der Waals surface area contributed by atoms with E-state index < -0.39 is 0 Å². The topological polar surface area (TPSA) is 30.2 Å². The number of hydrogen-bond acceptors (Lipinski definition) is 2. The van der Waals surface area contributed by atoms with Crippen LogP contribution in [0.4, 0.5) is 5.69 Å². The van der Waals surface area contributed by atoms with E-state index in [1.807, 2.05) is 0 Å². The molecule has 0 atom stereocenters. The molecular formula is C9H10Cl2N3. The van der Waals surface area contributed by atoms with E-state index in [0.29, 0.717) is 10.0 Å². The van der Waals surface area contributed by atoms with E-state index in [2.05, 4.69) is 15.2 Å². The molecule has 0 aliphatic carbocycles. The summed E-state index contributed by atoms with van der Waals surface area (Å²) in [4.78, 5) is 6.08. The molecule has 1 aliphatic heterocycles. The van der Waals surface area contributed by atoms with Gasteiger partial charge in [-0.05, 0) is 0 Å². The number of hydrogen-bond donors (Lipinski definition) is 0. The van der Waals surface area contributed by atoms with E-state index in [9.17, 15) is 0 Å². The highest BCUT2D eigenvalue weighted by Crippen LogP contribution is 2.32. The fourth-order valence-electron chi connectivity index (χ4n) is 1.54. The number of pyridine rings is 1. The van der Waals surface area contributed by atoms with Crippen molar-refractivity contribution in [2.45, 2.75) is 0 Å². The molecule has 0 saturated carbocycles. The highest BCUT2D eigenvalue weighted by molar-refractivity contribution is 6.38. The van der Waals surface area contributed by atoms with Gasteiger partial charge in [0.25, 0.3) is 0 Å². The molecular weight excluding hydrogens is 221 g/mol. The van der Waals surface area contributed by atoms with Gasteiger partial charge < -0.3 is 4.90 Å². The first-order chi connectivity index (χ1) is 6.79. The lowest BCUT2D eigenvalue weighted by atomic mass is 10.3. The summed E-state index contributed by atoms with van der Waals surface area (Å²) in [6, 6.07) is 0. The summed E-state index contributed by atoms with van der Waals surface area (Å²) in [6.45, 7) is 3.44. The zero-order valence-electron chi connectivity index (χ0n) is 7.58. The van der Waals surface area contributed by atoms with Crippen LogP contribution in [-0.4, -0.2) is 31.2 Å². The van der Waals surface area contributed by atoms with Gasteiger partial charge in [0, 0.05) is 38.6 Å². The fourth-order valence-corrected chi connectivity index (χ4v) is 2.14. The lowest BCUT2D eigenvalue weighted by molar-refractivity contribution is 0.579. The van der Waals surface area contributed by atoms with Gasteiger partial charge in [0.15, 0.2) is 0 Å². The van der Waals surface area contributed by atoms with Crippen molar-refractivity contribution in [1.82, 2.24) is 10.3 Å². The predicted molar refractivity (Wildman–Crippen MR) is 58.3 cm³/mol. The van der Waals surface area contributed by atoms with Crippen LogP contribution in [0.2, 0.25) is 10.0 Å². The number of anilines is 1. The minimum Gasteiger partial charge on any atom is -0.366 e. The molecule has 2 rings (SSSR count). The van der Waals surface area contributed by atoms with Gasteiger partial charge in [-0.15, -0.1) is 0 Å². The van der Waals surface area contributed by atoms with Gasteiger partial charge in [0.05, 0.1) is 15.7 Å². The molecule has 1 aliphatic rings. The van der Waals surface area contributed by atoms with Gasteiger partial charge in [-0.25, -0.2) is 5.32 Å². The predicted octanol–water partition coefficient (Wildman–Crippen LogP) is 1.81. The standard InChI is InChI=1S/C9H10Cl2N3/c10-7-5-13-6-8(11)9(7)14-3-1-12-2-4-14/h5-6H,1-4H2. The molecule has 75 valence electrons. The zero-order valence-corrected chi connectivity index (χ0v) is 9.09. The molecule has 0 bridgehead atoms. The molecule has 0 spiro atoms. The summed E-state index contributed by atoms with van der Waals surface area (Å²) in [5.41, 5.74) is 0.887. The Hall–Kier alpha value is -0.510. The molecule has 1 saturated heterocycles. The minimum absolute atomic E-state index is 0.611. The Morgan fingerprint density at radius 1 is 1.07 bits per heavy atom. The van der Waals surface area contributed by atoms with Crippen LogP contribution < -0.4 is 10.2 Å². The first kappa shape index (κ1) is 10.0. The van der Waals surface area contributed by atoms with E-state index in [1.54, 1.807) is 12.4 Å². The van der Waals surface area contributed by atoms with Crippen LogP contribution in [0.15, 0.2) is 12.4 Å². The third-order valence-corrected chi connectivity index (χ3v) is 2.75. The van der Waals surface area contributed by atoms with E-state index in [-0.39, 0.29) is 0 Å². The van der Waals surface area contributed by atoms with Crippen LogP contribution in [0.3, 0.4) is 0 Å². The molecule has 0 amide bonds. The lowest BCUT2D eigenvalue weighted by Crippen LogP contribution is -2.40. The number of rotatable bonds is 1. The van der Waals surface area contributed by atoms with Crippen molar-refractivity contribution in [3.63, 3.8) is 0 Å². The molecule has 1 aromatic rings. The van der Waals surface area contributed by atoms with Gasteiger partial charge in [0.2, 0.25) is 0 Å². The first-order valence-electron chi connectivity index (χ1n) is 4.46. The van der Waals surface area contributed by atoms with Crippen molar-refractivity contribution in [2.24, 2.45) is 0 Å². The number of piperazine rings is 1. The van der Waals surface area contributed by atoms with E-state index in [0.717, 1.165) is 31.9 Å². The van der Waals surface area contributed by atoms with E-state index in [1.165, 1.54) is 0 Å². The van der Waals surface area contributed by atoms with Crippen LogP contribution in [-0.2, 0) is 0 Å². The van der Waals surface area contributed by atoms with Crippen molar-refractivity contribution in [3.05, 3.63) is 22.4 Å². The zero-order chi connectivity index (χ0) is 9.97. The second-order valence-corrected chi connectivity index (χ2v) is 3.92. The van der Waals surface area contributed by atoms with E-state index >= 15 is 0 Å². The Balaban J connectivity index is 2.29. The van der Waals surface area contributed by atoms with Gasteiger partial charge in [-0.3, -0.25) is 4.98 Å². The minimum atomic E-state index is 0.611. The molecule has 1 radical (unpaired) electrons. The largest absolute Gasteiger partial charge is 0.366 e. The molecule has 0 N–H and O–H groups in total. The Morgan fingerprint density at radius 3 is 2.21 bits per heavy atom. The quantitative estimate of drug-likeness (QED) is 0.737. The summed E-state index contributed by atoms with van der Waals surface area (Å²) < 4.78 is 0. The van der Waals surface area contributed by atoms with Crippen molar-refractivity contribution in [1.29, 1.82) is 0 Å². The fraction of sp³-hybridized carbons (Fsp3) is 0.444. The molecule has 0 aromatic carbocycles.